The van der Waals surface area contributed by atoms with Crippen molar-refractivity contribution in [2.45, 2.75) is 69.1 Å². The summed E-state index contributed by atoms with van der Waals surface area (Å²) in [5.74, 6) is -0.276. The molecule has 0 fully saturated rings. The molecule has 1 N–H and O–H groups in total. The van der Waals surface area contributed by atoms with Crippen molar-refractivity contribution in [3.63, 3.8) is 0 Å². The molecule has 1 atom stereocenters. The molecule has 0 saturated carbocycles. The molecule has 0 aromatic heterocycles. The number of ether oxygens (including phenoxy) is 2. The Morgan fingerprint density at radius 3 is 2.23 bits per heavy atom. The van der Waals surface area contributed by atoms with Crippen LogP contribution in [0.5, 0.6) is 0 Å². The monoisotopic (exact) mass is 822 g/mol. The number of fused-ring (bicyclic) bond motifs is 2. The number of rotatable bonds is 18. The predicted molar refractivity (Wildman–Crippen MR) is 209 cm³/mol. The summed E-state index contributed by atoms with van der Waals surface area (Å²) in [6.07, 6.45) is 9.34. The Bertz CT molecular complexity index is 2190. The molecule has 2 aliphatic heterocycles. The van der Waals surface area contributed by atoms with E-state index in [9.17, 15) is 35.8 Å². The normalized spacial score (nSPS) is 16.9. The summed E-state index contributed by atoms with van der Waals surface area (Å²) in [5.41, 5.74) is 2.59. The number of methoxy groups -OCH3 is 2. The number of anilines is 1. The van der Waals surface area contributed by atoms with E-state index in [0.29, 0.717) is 54.8 Å². The molecule has 1 aliphatic carbocycles. The van der Waals surface area contributed by atoms with Gasteiger partial charge >= 0.3 is 35.5 Å². The van der Waals surface area contributed by atoms with E-state index in [4.69, 9.17) is 13.9 Å². The first-order valence-electron chi connectivity index (χ1n) is 18.0. The van der Waals surface area contributed by atoms with Crippen LogP contribution in [0.3, 0.4) is 0 Å². The van der Waals surface area contributed by atoms with Gasteiger partial charge in [-0.15, -0.1) is 0 Å². The number of allylic oxidation sites excluding steroid dienone is 5. The molecule has 1 unspecified atom stereocenters. The van der Waals surface area contributed by atoms with Crippen LogP contribution in [0.1, 0.15) is 70.3 Å². The zero-order valence-electron chi connectivity index (χ0n) is 33.2. The van der Waals surface area contributed by atoms with Gasteiger partial charge in [-0.1, -0.05) is 39.0 Å². The molecule has 56 heavy (non-hydrogen) atoms. The van der Waals surface area contributed by atoms with Gasteiger partial charge in [-0.3, -0.25) is 4.79 Å². The van der Waals surface area contributed by atoms with E-state index in [-0.39, 0.29) is 67.2 Å². The largest absolute Gasteiger partial charge is 1.00 e. The summed E-state index contributed by atoms with van der Waals surface area (Å²) in [6.45, 7) is 10.8. The standard InChI is InChI=1S/C40H52N2O11S2.Na/c1-39(2,3)33-27-30(53-36-26-29(15-17-32(33)36)41(21-23-51-5)22-24-52-6)12-8-7-9-13-37-40(4,19-10-14-38(43)44)34-28-31(55(48,49)50)16-18-35(34)42(37)20-11-25-54(45,46)47;/h7-9,12-13,15-18,26-28H,10-11,14,19-25H2,1-6H3,(H2-,43,44,45,46,47,48,49,50);/q;+1/p-1. The summed E-state index contributed by atoms with van der Waals surface area (Å²) in [5, 5.41) is 10.3. The fraction of sp³-hybridized carbons (Fsp3) is 0.450. The quantitative estimate of drug-likeness (QED) is 0.0853. The average Bonchev–Trinajstić information content (AvgIpc) is 3.32. The molecule has 2 heterocycles. The van der Waals surface area contributed by atoms with Crippen molar-refractivity contribution in [3.8, 4) is 11.3 Å². The Morgan fingerprint density at radius 1 is 0.964 bits per heavy atom. The predicted octanol–water partition coefficient (Wildman–Crippen LogP) is 2.08. The van der Waals surface area contributed by atoms with Gasteiger partial charge in [-0.25, -0.2) is 21.4 Å². The first-order valence-corrected chi connectivity index (χ1v) is 21.0. The first-order chi connectivity index (χ1) is 25.8. The third-order valence-electron chi connectivity index (χ3n) is 9.65. The second kappa shape index (κ2) is 20.0. The Morgan fingerprint density at radius 2 is 1.64 bits per heavy atom. The molecular formula is C40H51N2NaO11S2. The van der Waals surface area contributed by atoms with E-state index >= 15 is 0 Å². The molecule has 16 heteroatoms. The molecule has 3 aliphatic rings. The number of carboxylic acid groups (broad SMARTS) is 1. The van der Waals surface area contributed by atoms with Gasteiger partial charge in [0.25, 0.3) is 0 Å². The van der Waals surface area contributed by atoms with Crippen molar-refractivity contribution in [2.24, 2.45) is 0 Å². The minimum absolute atomic E-state index is 0. The number of carboxylic acids is 1. The Balaban J connectivity index is 0.00000841. The van der Waals surface area contributed by atoms with Crippen LogP contribution in [0.4, 0.5) is 5.69 Å². The zero-order chi connectivity index (χ0) is 40.6. The summed E-state index contributed by atoms with van der Waals surface area (Å²) < 4.78 is 89.7. The van der Waals surface area contributed by atoms with Crippen LogP contribution < -0.4 is 44.4 Å². The number of carbonyl (C=O) groups is 1. The summed E-state index contributed by atoms with van der Waals surface area (Å²) in [6, 6.07) is 12.2. The van der Waals surface area contributed by atoms with Gasteiger partial charge in [0, 0.05) is 61.4 Å². The maximum Gasteiger partial charge on any atom is 1.00 e. The van der Waals surface area contributed by atoms with Crippen molar-refractivity contribution < 1.29 is 79.3 Å². The number of benzene rings is 2. The minimum Gasteiger partial charge on any atom is -0.748 e. The number of hydrogen-bond donors (Lipinski definition) is 1. The van der Waals surface area contributed by atoms with E-state index in [1.807, 2.05) is 31.2 Å². The SMILES string of the molecule is COCC[N+](CCOC)=c1ccc2c(C(C)(C)C)cc(/C=C/C=C/C=C3/N(CCCS(=O)(=O)[O-])c4ccc(S(=O)(=O)[O-])cc4C3(C)CCCC(=O)O)oc-2c1.[Na+]. The minimum atomic E-state index is -4.82. The van der Waals surface area contributed by atoms with E-state index in [1.54, 1.807) is 37.3 Å². The van der Waals surface area contributed by atoms with Crippen LogP contribution in [0.2, 0.25) is 0 Å². The average molecular weight is 823 g/mol. The van der Waals surface area contributed by atoms with Gasteiger partial charge in [0.05, 0.1) is 21.1 Å². The van der Waals surface area contributed by atoms with Gasteiger partial charge in [0.1, 0.15) is 34.9 Å². The molecule has 0 bridgehead atoms. The fourth-order valence-electron chi connectivity index (χ4n) is 6.91. The molecule has 13 nitrogen and oxygen atoms in total. The van der Waals surface area contributed by atoms with Gasteiger partial charge < -0.3 is 33.0 Å². The number of hydrogen-bond acceptors (Lipinski definition) is 11. The van der Waals surface area contributed by atoms with Crippen molar-refractivity contribution in [1.82, 2.24) is 4.58 Å². The van der Waals surface area contributed by atoms with Gasteiger partial charge in [-0.2, -0.15) is 0 Å². The summed E-state index contributed by atoms with van der Waals surface area (Å²) in [7, 11) is -5.99. The third-order valence-corrected chi connectivity index (χ3v) is 11.3. The molecule has 1 aromatic carbocycles. The van der Waals surface area contributed by atoms with E-state index in [0.717, 1.165) is 16.5 Å². The van der Waals surface area contributed by atoms with Gasteiger partial charge in [0.2, 0.25) is 5.36 Å². The third kappa shape index (κ3) is 12.4. The topological polar surface area (TPSA) is 190 Å². The zero-order valence-corrected chi connectivity index (χ0v) is 36.9. The maximum atomic E-state index is 12.0. The fourth-order valence-corrected chi connectivity index (χ4v) is 7.89. The van der Waals surface area contributed by atoms with Crippen LogP contribution in [0.25, 0.3) is 17.4 Å². The second-order valence-electron chi connectivity index (χ2n) is 14.7. The van der Waals surface area contributed by atoms with Gasteiger partial charge in [-0.05, 0) is 85.2 Å². The van der Waals surface area contributed by atoms with Crippen LogP contribution in [-0.2, 0) is 45.3 Å². The summed E-state index contributed by atoms with van der Waals surface area (Å²) >= 11 is 0. The van der Waals surface area contributed by atoms with Crippen LogP contribution in [0.15, 0.2) is 81.8 Å². The van der Waals surface area contributed by atoms with Gasteiger partial charge in [0.15, 0.2) is 13.1 Å². The first kappa shape index (κ1) is 47.3. The van der Waals surface area contributed by atoms with Crippen LogP contribution in [-0.4, -0.2) is 89.8 Å². The molecule has 300 valence electrons. The molecule has 0 spiro atoms. The van der Waals surface area contributed by atoms with Crippen LogP contribution >= 0.6 is 0 Å². The van der Waals surface area contributed by atoms with Crippen molar-refractivity contribution in [3.05, 3.63) is 94.7 Å². The number of aliphatic carboxylic acids is 1. The van der Waals surface area contributed by atoms with Crippen molar-refractivity contribution >= 4 is 38.0 Å². The van der Waals surface area contributed by atoms with Crippen molar-refractivity contribution in [2.75, 3.05) is 57.7 Å². The Labute approximate surface area is 352 Å². The molecule has 0 amide bonds. The summed E-state index contributed by atoms with van der Waals surface area (Å²) in [4.78, 5) is 12.8. The smallest absolute Gasteiger partial charge is 0.748 e. The molecule has 1 aromatic rings. The van der Waals surface area contributed by atoms with E-state index in [1.165, 1.54) is 18.2 Å². The molecule has 0 radical (unpaired) electrons. The molecule has 4 rings (SSSR count). The second-order valence-corrected chi connectivity index (χ2v) is 17.6. The Kier molecular flexibility index (Phi) is 16.9. The Hall–Kier alpha value is -3.12. The van der Waals surface area contributed by atoms with Crippen LogP contribution in [0, 0.1) is 0 Å². The molecule has 0 saturated heterocycles. The van der Waals surface area contributed by atoms with E-state index < -0.39 is 42.3 Å². The number of nitrogens with zero attached hydrogens (tertiary/aromatic N) is 2. The van der Waals surface area contributed by atoms with Crippen molar-refractivity contribution in [1.29, 1.82) is 0 Å². The maximum absolute atomic E-state index is 12.0. The van der Waals surface area contributed by atoms with E-state index in [2.05, 4.69) is 37.5 Å². The molecular weight excluding hydrogens is 772 g/mol.